The first kappa shape index (κ1) is 25.8. The molecule has 3 rings (SSSR count). The Kier molecular flexibility index (Phi) is 8.05. The van der Waals surface area contributed by atoms with Crippen LogP contribution in [0.1, 0.15) is 40.9 Å². The number of benzene rings is 2. The first-order valence-corrected chi connectivity index (χ1v) is 12.3. The van der Waals surface area contributed by atoms with Crippen LogP contribution in [0.15, 0.2) is 48.5 Å². The molecule has 0 spiro atoms. The number of amides is 3. The third-order valence-electron chi connectivity index (χ3n) is 6.42. The number of aliphatic hydroxyl groups is 1. The van der Waals surface area contributed by atoms with E-state index >= 15 is 0 Å². The van der Waals surface area contributed by atoms with Gasteiger partial charge in [-0.1, -0.05) is 42.5 Å². The van der Waals surface area contributed by atoms with Gasteiger partial charge in [-0.2, -0.15) is 0 Å². The van der Waals surface area contributed by atoms with E-state index in [0.29, 0.717) is 5.56 Å². The van der Waals surface area contributed by atoms with Crippen molar-refractivity contribution in [3.63, 3.8) is 0 Å². The van der Waals surface area contributed by atoms with E-state index in [0.717, 1.165) is 16.7 Å². The van der Waals surface area contributed by atoms with Crippen molar-refractivity contribution in [2.24, 2.45) is 0 Å². The molecule has 8 heteroatoms. The lowest BCUT2D eigenvalue weighted by Crippen LogP contribution is -2.58. The van der Waals surface area contributed by atoms with Crippen LogP contribution in [0.3, 0.4) is 0 Å². The summed E-state index contributed by atoms with van der Waals surface area (Å²) in [6.07, 6.45) is -1.25. The van der Waals surface area contributed by atoms with Crippen molar-refractivity contribution in [1.82, 2.24) is 15.5 Å². The number of aliphatic hydroxyl groups excluding tert-OH is 1. The largest absolute Gasteiger partial charge is 0.381 e. The molecule has 3 amide bonds. The Bertz CT molecular complexity index is 1060. The Hall–Kier alpha value is -2.84. The van der Waals surface area contributed by atoms with E-state index in [1.807, 2.05) is 70.2 Å². The lowest BCUT2D eigenvalue weighted by Gasteiger charge is -2.33. The SMILES string of the molecule is CNC(=O)C1N(C(=O)C(O)C(Cc2ccccc2)NC(=O)c2cccc(C)c2C)CSC1(C)C. The van der Waals surface area contributed by atoms with Crippen LogP contribution < -0.4 is 10.6 Å². The van der Waals surface area contributed by atoms with Crippen molar-refractivity contribution >= 4 is 29.5 Å². The molecule has 34 heavy (non-hydrogen) atoms. The van der Waals surface area contributed by atoms with Gasteiger partial charge in [0.2, 0.25) is 5.91 Å². The van der Waals surface area contributed by atoms with E-state index in [2.05, 4.69) is 10.6 Å². The highest BCUT2D eigenvalue weighted by Gasteiger charge is 2.49. The van der Waals surface area contributed by atoms with Gasteiger partial charge in [-0.15, -0.1) is 11.8 Å². The number of hydrogen-bond donors (Lipinski definition) is 3. The first-order valence-electron chi connectivity index (χ1n) is 11.3. The van der Waals surface area contributed by atoms with Gasteiger partial charge in [0, 0.05) is 17.4 Å². The lowest BCUT2D eigenvalue weighted by molar-refractivity contribution is -0.147. The topological polar surface area (TPSA) is 98.7 Å². The molecule has 0 saturated carbocycles. The van der Waals surface area contributed by atoms with Crippen LogP contribution in [0.25, 0.3) is 0 Å². The molecule has 2 aromatic carbocycles. The highest BCUT2D eigenvalue weighted by atomic mass is 32.2. The summed E-state index contributed by atoms with van der Waals surface area (Å²) >= 11 is 1.48. The van der Waals surface area contributed by atoms with Crippen LogP contribution in [-0.4, -0.2) is 63.6 Å². The third kappa shape index (κ3) is 5.45. The number of carbonyl (C=O) groups excluding carboxylic acids is 3. The number of nitrogens with zero attached hydrogens (tertiary/aromatic N) is 1. The maximum absolute atomic E-state index is 13.5. The Balaban J connectivity index is 1.89. The Labute approximate surface area is 205 Å². The molecule has 1 saturated heterocycles. The molecular weight excluding hydrogens is 450 g/mol. The average Bonchev–Trinajstić information content (AvgIpc) is 3.14. The Morgan fingerprint density at radius 2 is 1.79 bits per heavy atom. The van der Waals surface area contributed by atoms with Gasteiger partial charge in [0.05, 0.1) is 11.9 Å². The molecule has 3 N–H and O–H groups in total. The summed E-state index contributed by atoms with van der Waals surface area (Å²) in [4.78, 5) is 40.6. The predicted octanol–water partition coefficient (Wildman–Crippen LogP) is 2.43. The molecular formula is C26H33N3O4S. The van der Waals surface area contributed by atoms with Crippen molar-refractivity contribution in [1.29, 1.82) is 0 Å². The van der Waals surface area contributed by atoms with Gasteiger partial charge >= 0.3 is 0 Å². The standard InChI is InChI=1S/C26H33N3O4S/c1-16-10-9-13-19(17(16)2)23(31)28-20(14-18-11-7-6-8-12-18)21(30)25(33)29-15-34-26(3,4)22(29)24(32)27-5/h6-13,20-22,30H,14-15H2,1-5H3,(H,27,32)(H,28,31). The van der Waals surface area contributed by atoms with E-state index in [9.17, 15) is 19.5 Å². The van der Waals surface area contributed by atoms with Crippen LogP contribution in [0, 0.1) is 13.8 Å². The third-order valence-corrected chi connectivity index (χ3v) is 7.80. The van der Waals surface area contributed by atoms with Gasteiger partial charge in [0.15, 0.2) is 6.10 Å². The second-order valence-electron chi connectivity index (χ2n) is 9.16. The zero-order valence-electron chi connectivity index (χ0n) is 20.3. The summed E-state index contributed by atoms with van der Waals surface area (Å²) in [5, 5.41) is 16.7. The van der Waals surface area contributed by atoms with Crippen LogP contribution in [0.4, 0.5) is 0 Å². The van der Waals surface area contributed by atoms with E-state index in [1.165, 1.54) is 23.7 Å². The maximum Gasteiger partial charge on any atom is 0.254 e. The van der Waals surface area contributed by atoms with Crippen molar-refractivity contribution < 1.29 is 19.5 Å². The van der Waals surface area contributed by atoms with Gasteiger partial charge in [-0.05, 0) is 56.9 Å². The molecule has 1 fully saturated rings. The van der Waals surface area contributed by atoms with Gasteiger partial charge in [0.1, 0.15) is 6.04 Å². The number of likely N-dealkylation sites (N-methyl/N-ethyl adjacent to an activating group) is 1. The number of rotatable bonds is 7. The molecule has 2 aromatic rings. The number of nitrogens with one attached hydrogen (secondary N) is 2. The van der Waals surface area contributed by atoms with Crippen molar-refractivity contribution in [3.05, 3.63) is 70.8 Å². The maximum atomic E-state index is 13.5. The van der Waals surface area contributed by atoms with Gasteiger partial charge < -0.3 is 20.6 Å². The zero-order valence-corrected chi connectivity index (χ0v) is 21.1. The molecule has 1 aliphatic heterocycles. The number of hydrogen-bond acceptors (Lipinski definition) is 5. The summed E-state index contributed by atoms with van der Waals surface area (Å²) in [6, 6.07) is 13.3. The zero-order chi connectivity index (χ0) is 25.0. The summed E-state index contributed by atoms with van der Waals surface area (Å²) in [5.74, 6) is -0.930. The molecule has 1 heterocycles. The van der Waals surface area contributed by atoms with E-state index < -0.39 is 28.8 Å². The molecule has 182 valence electrons. The number of carbonyl (C=O) groups is 3. The molecule has 7 nitrogen and oxygen atoms in total. The minimum Gasteiger partial charge on any atom is -0.381 e. The lowest BCUT2D eigenvalue weighted by atomic mass is 9.96. The van der Waals surface area contributed by atoms with Crippen LogP contribution in [-0.2, 0) is 16.0 Å². The molecule has 0 aliphatic carbocycles. The molecule has 3 atom stereocenters. The fourth-order valence-corrected chi connectivity index (χ4v) is 5.38. The van der Waals surface area contributed by atoms with Crippen molar-refractivity contribution in [2.75, 3.05) is 12.9 Å². The second kappa shape index (κ2) is 10.6. The molecule has 0 aromatic heterocycles. The van der Waals surface area contributed by atoms with Crippen LogP contribution in [0.5, 0.6) is 0 Å². The molecule has 3 unspecified atom stereocenters. The minimum absolute atomic E-state index is 0.263. The average molecular weight is 484 g/mol. The summed E-state index contributed by atoms with van der Waals surface area (Å²) in [7, 11) is 1.53. The Morgan fingerprint density at radius 1 is 1.12 bits per heavy atom. The molecule has 0 bridgehead atoms. The smallest absolute Gasteiger partial charge is 0.254 e. The van der Waals surface area contributed by atoms with Crippen molar-refractivity contribution in [2.45, 2.75) is 57.1 Å². The number of thioether (sulfide) groups is 1. The monoisotopic (exact) mass is 483 g/mol. The molecule has 1 aliphatic rings. The summed E-state index contributed by atoms with van der Waals surface area (Å²) < 4.78 is -0.508. The highest BCUT2D eigenvalue weighted by Crippen LogP contribution is 2.39. The summed E-state index contributed by atoms with van der Waals surface area (Å²) in [6.45, 7) is 7.61. The van der Waals surface area contributed by atoms with Crippen molar-refractivity contribution in [3.8, 4) is 0 Å². The minimum atomic E-state index is -1.52. The fraction of sp³-hybridized carbons (Fsp3) is 0.423. The normalized spacial score (nSPS) is 18.8. The quantitative estimate of drug-likeness (QED) is 0.562. The van der Waals surface area contributed by atoms with E-state index in [-0.39, 0.29) is 24.1 Å². The van der Waals surface area contributed by atoms with Gasteiger partial charge in [-0.25, -0.2) is 0 Å². The fourth-order valence-electron chi connectivity index (χ4n) is 4.24. The van der Waals surface area contributed by atoms with E-state index in [1.54, 1.807) is 6.07 Å². The summed E-state index contributed by atoms with van der Waals surface area (Å²) in [5.41, 5.74) is 3.20. The molecule has 0 radical (unpaired) electrons. The van der Waals surface area contributed by atoms with Gasteiger partial charge in [0.25, 0.3) is 11.8 Å². The predicted molar refractivity (Wildman–Crippen MR) is 135 cm³/mol. The van der Waals surface area contributed by atoms with E-state index in [4.69, 9.17) is 0 Å². The van der Waals surface area contributed by atoms with Crippen LogP contribution in [0.2, 0.25) is 0 Å². The number of aryl methyl sites for hydroxylation is 1. The Morgan fingerprint density at radius 3 is 2.44 bits per heavy atom. The second-order valence-corrected chi connectivity index (χ2v) is 10.8. The first-order chi connectivity index (χ1) is 16.1. The van der Waals surface area contributed by atoms with Gasteiger partial charge in [-0.3, -0.25) is 14.4 Å². The van der Waals surface area contributed by atoms with Crippen LogP contribution >= 0.6 is 11.8 Å². The highest BCUT2D eigenvalue weighted by molar-refractivity contribution is 8.00.